The van der Waals surface area contributed by atoms with Crippen LogP contribution in [0.5, 0.6) is 0 Å². The number of fused-ring (bicyclic) bond motifs is 1. The van der Waals surface area contributed by atoms with E-state index in [0.29, 0.717) is 6.42 Å². The van der Waals surface area contributed by atoms with Crippen molar-refractivity contribution in [2.75, 3.05) is 0 Å². The summed E-state index contributed by atoms with van der Waals surface area (Å²) in [4.78, 5) is 16.7. The smallest absolute Gasteiger partial charge is 0.143 e. The van der Waals surface area contributed by atoms with Crippen LogP contribution in [0.4, 0.5) is 0 Å². The zero-order chi connectivity index (χ0) is 13.0. The Morgan fingerprint density at radius 2 is 2.44 bits per heavy atom. The van der Waals surface area contributed by atoms with E-state index in [-0.39, 0.29) is 17.7 Å². The molecule has 2 unspecified atom stereocenters. The van der Waals surface area contributed by atoms with Crippen LogP contribution in [0.1, 0.15) is 56.2 Å². The molecule has 0 saturated heterocycles. The molecule has 2 atom stereocenters. The van der Waals surface area contributed by atoms with Gasteiger partial charge in [-0.25, -0.2) is 0 Å². The molecular formula is C15H22N2O. The minimum atomic E-state index is -0.0159. The molecule has 0 aliphatic heterocycles. The maximum Gasteiger partial charge on any atom is 0.143 e. The summed E-state index contributed by atoms with van der Waals surface area (Å²) in [5.74, 6) is 0.258. The van der Waals surface area contributed by atoms with Gasteiger partial charge in [0.2, 0.25) is 0 Å². The number of hydrogen-bond donors (Lipinski definition) is 1. The monoisotopic (exact) mass is 246 g/mol. The van der Waals surface area contributed by atoms with Crippen LogP contribution >= 0.6 is 0 Å². The van der Waals surface area contributed by atoms with Gasteiger partial charge in [0.25, 0.3) is 0 Å². The molecule has 0 bridgehead atoms. The summed E-state index contributed by atoms with van der Waals surface area (Å²) < 4.78 is 0. The second-order valence-corrected chi connectivity index (χ2v) is 5.21. The highest BCUT2D eigenvalue weighted by Gasteiger charge is 2.28. The average Bonchev–Trinajstić information content (AvgIpc) is 2.38. The van der Waals surface area contributed by atoms with E-state index in [1.165, 1.54) is 5.56 Å². The second kappa shape index (κ2) is 6.10. The molecule has 1 aliphatic rings. The predicted octanol–water partition coefficient (Wildman–Crippen LogP) is 2.59. The SMILES string of the molecule is CCCC(N)CC(=O)C1CCCc2cccnc21. The van der Waals surface area contributed by atoms with Crippen LogP contribution in [0, 0.1) is 0 Å². The molecular weight excluding hydrogens is 224 g/mol. The molecule has 98 valence electrons. The van der Waals surface area contributed by atoms with E-state index in [1.807, 2.05) is 6.07 Å². The average molecular weight is 246 g/mol. The van der Waals surface area contributed by atoms with Crippen molar-refractivity contribution in [2.45, 2.75) is 57.4 Å². The minimum Gasteiger partial charge on any atom is -0.327 e. The van der Waals surface area contributed by atoms with E-state index in [4.69, 9.17) is 5.73 Å². The number of ketones is 1. The summed E-state index contributed by atoms with van der Waals surface area (Å²) in [5.41, 5.74) is 8.21. The van der Waals surface area contributed by atoms with Gasteiger partial charge >= 0.3 is 0 Å². The number of carbonyl (C=O) groups excluding carboxylic acids is 1. The van der Waals surface area contributed by atoms with Crippen molar-refractivity contribution in [1.29, 1.82) is 0 Å². The largest absolute Gasteiger partial charge is 0.327 e. The zero-order valence-electron chi connectivity index (χ0n) is 11.1. The van der Waals surface area contributed by atoms with Crippen LogP contribution in [0.25, 0.3) is 0 Å². The van der Waals surface area contributed by atoms with Gasteiger partial charge in [-0.05, 0) is 37.3 Å². The Hall–Kier alpha value is -1.22. The van der Waals surface area contributed by atoms with Gasteiger partial charge in [-0.1, -0.05) is 19.4 Å². The number of pyridine rings is 1. The Bertz CT molecular complexity index is 417. The van der Waals surface area contributed by atoms with E-state index < -0.39 is 0 Å². The Morgan fingerprint density at radius 3 is 3.22 bits per heavy atom. The third-order valence-electron chi connectivity index (χ3n) is 3.71. The normalized spacial score (nSPS) is 20.2. The number of aromatic nitrogens is 1. The number of rotatable bonds is 5. The fraction of sp³-hybridized carbons (Fsp3) is 0.600. The first kappa shape index (κ1) is 13.2. The number of carbonyl (C=O) groups is 1. The van der Waals surface area contributed by atoms with Crippen LogP contribution in [-0.4, -0.2) is 16.8 Å². The highest BCUT2D eigenvalue weighted by atomic mass is 16.1. The summed E-state index contributed by atoms with van der Waals surface area (Å²) in [6, 6.07) is 4.05. The molecule has 0 spiro atoms. The summed E-state index contributed by atoms with van der Waals surface area (Å²) in [6.07, 6.45) is 7.31. The molecule has 1 heterocycles. The first-order chi connectivity index (χ1) is 8.72. The number of nitrogens with two attached hydrogens (primary N) is 1. The fourth-order valence-corrected chi connectivity index (χ4v) is 2.80. The molecule has 0 aromatic carbocycles. The fourth-order valence-electron chi connectivity index (χ4n) is 2.80. The first-order valence-electron chi connectivity index (χ1n) is 6.94. The van der Waals surface area contributed by atoms with Crippen LogP contribution in [0.3, 0.4) is 0 Å². The Balaban J connectivity index is 2.08. The molecule has 3 heteroatoms. The molecule has 0 saturated carbocycles. The number of hydrogen-bond acceptors (Lipinski definition) is 3. The van der Waals surface area contributed by atoms with Gasteiger partial charge in [-0.2, -0.15) is 0 Å². The van der Waals surface area contributed by atoms with Gasteiger partial charge in [0, 0.05) is 18.7 Å². The maximum absolute atomic E-state index is 12.3. The van der Waals surface area contributed by atoms with Crippen LogP contribution in [0.15, 0.2) is 18.3 Å². The molecule has 1 aromatic heterocycles. The van der Waals surface area contributed by atoms with Gasteiger partial charge in [0.05, 0.1) is 11.6 Å². The van der Waals surface area contributed by atoms with Gasteiger partial charge in [-0.15, -0.1) is 0 Å². The first-order valence-corrected chi connectivity index (χ1v) is 6.94. The summed E-state index contributed by atoms with van der Waals surface area (Å²) in [6.45, 7) is 2.10. The quantitative estimate of drug-likeness (QED) is 0.868. The molecule has 2 N–H and O–H groups in total. The highest BCUT2D eigenvalue weighted by molar-refractivity contribution is 5.86. The summed E-state index contributed by atoms with van der Waals surface area (Å²) >= 11 is 0. The van der Waals surface area contributed by atoms with Crippen molar-refractivity contribution in [3.05, 3.63) is 29.6 Å². The lowest BCUT2D eigenvalue weighted by molar-refractivity contribution is -0.121. The highest BCUT2D eigenvalue weighted by Crippen LogP contribution is 2.31. The summed E-state index contributed by atoms with van der Waals surface area (Å²) in [7, 11) is 0. The molecule has 0 amide bonds. The molecule has 1 aliphatic carbocycles. The standard InChI is InChI=1S/C15H22N2O/c1-2-5-12(16)10-14(18)13-8-3-6-11-7-4-9-17-15(11)13/h4,7,9,12-13H,2-3,5-6,8,10,16H2,1H3. The van der Waals surface area contributed by atoms with Gasteiger partial charge < -0.3 is 5.73 Å². The van der Waals surface area contributed by atoms with Crippen LogP contribution in [0.2, 0.25) is 0 Å². The van der Waals surface area contributed by atoms with E-state index in [9.17, 15) is 4.79 Å². The lowest BCUT2D eigenvalue weighted by Crippen LogP contribution is -2.28. The Kier molecular flexibility index (Phi) is 4.48. The molecule has 0 fully saturated rings. The van der Waals surface area contributed by atoms with Crippen molar-refractivity contribution in [3.63, 3.8) is 0 Å². The molecule has 2 rings (SSSR count). The van der Waals surface area contributed by atoms with E-state index in [0.717, 1.165) is 37.8 Å². The second-order valence-electron chi connectivity index (χ2n) is 5.21. The molecule has 3 nitrogen and oxygen atoms in total. The number of nitrogens with zero attached hydrogens (tertiary/aromatic N) is 1. The third-order valence-corrected chi connectivity index (χ3v) is 3.71. The lowest BCUT2D eigenvalue weighted by atomic mass is 9.82. The van der Waals surface area contributed by atoms with Crippen LogP contribution < -0.4 is 5.73 Å². The van der Waals surface area contributed by atoms with Crippen molar-refractivity contribution in [1.82, 2.24) is 4.98 Å². The van der Waals surface area contributed by atoms with E-state index in [2.05, 4.69) is 18.0 Å². The predicted molar refractivity (Wildman–Crippen MR) is 72.4 cm³/mol. The Labute approximate surface area is 109 Å². The van der Waals surface area contributed by atoms with Crippen molar-refractivity contribution in [2.24, 2.45) is 5.73 Å². The Morgan fingerprint density at radius 1 is 1.61 bits per heavy atom. The van der Waals surface area contributed by atoms with Crippen molar-refractivity contribution < 1.29 is 4.79 Å². The molecule has 0 radical (unpaired) electrons. The van der Waals surface area contributed by atoms with Gasteiger partial charge in [0.1, 0.15) is 5.78 Å². The third kappa shape index (κ3) is 2.96. The zero-order valence-corrected chi connectivity index (χ0v) is 11.1. The van der Waals surface area contributed by atoms with Crippen LogP contribution in [-0.2, 0) is 11.2 Å². The van der Waals surface area contributed by atoms with E-state index in [1.54, 1.807) is 6.20 Å². The topological polar surface area (TPSA) is 56.0 Å². The van der Waals surface area contributed by atoms with Gasteiger partial charge in [0.15, 0.2) is 0 Å². The number of Topliss-reactive ketones (excluding diaryl/α,β-unsaturated/α-hetero) is 1. The number of aryl methyl sites for hydroxylation is 1. The van der Waals surface area contributed by atoms with Crippen molar-refractivity contribution >= 4 is 5.78 Å². The van der Waals surface area contributed by atoms with Gasteiger partial charge in [-0.3, -0.25) is 9.78 Å². The van der Waals surface area contributed by atoms with E-state index >= 15 is 0 Å². The molecule has 18 heavy (non-hydrogen) atoms. The maximum atomic E-state index is 12.3. The summed E-state index contributed by atoms with van der Waals surface area (Å²) in [5, 5.41) is 0. The minimum absolute atomic E-state index is 0.0107. The molecule has 1 aromatic rings. The van der Waals surface area contributed by atoms with Crippen molar-refractivity contribution in [3.8, 4) is 0 Å². The lowest BCUT2D eigenvalue weighted by Gasteiger charge is -2.24.